The number of nitrogens with zero attached hydrogens (tertiary/aromatic N) is 1. The zero-order valence-corrected chi connectivity index (χ0v) is 11.6. The van der Waals surface area contributed by atoms with Gasteiger partial charge < -0.3 is 14.8 Å². The second-order valence-electron chi connectivity index (χ2n) is 4.46. The molecule has 0 saturated heterocycles. The molecule has 0 amide bonds. The quantitative estimate of drug-likeness (QED) is 0.777. The van der Waals surface area contributed by atoms with Crippen LogP contribution in [0.1, 0.15) is 17.5 Å². The average Bonchev–Trinajstić information content (AvgIpc) is 2.90. The molecule has 0 fully saturated rings. The summed E-state index contributed by atoms with van der Waals surface area (Å²) >= 11 is 5.84. The molecule has 2 N–H and O–H groups in total. The molecule has 4 nitrogen and oxygen atoms in total. The van der Waals surface area contributed by atoms with Crippen LogP contribution in [-0.2, 0) is 0 Å². The third kappa shape index (κ3) is 2.35. The van der Waals surface area contributed by atoms with Crippen molar-refractivity contribution in [3.63, 3.8) is 0 Å². The molecule has 5 heteroatoms. The Balaban J connectivity index is 1.98. The van der Waals surface area contributed by atoms with Crippen LogP contribution in [0.25, 0.3) is 11.0 Å². The molecule has 3 rings (SSSR count). The highest BCUT2D eigenvalue weighted by molar-refractivity contribution is 6.30. The molecule has 0 saturated carbocycles. The van der Waals surface area contributed by atoms with Gasteiger partial charge in [-0.15, -0.1) is 0 Å². The number of rotatable bonds is 3. The van der Waals surface area contributed by atoms with E-state index >= 15 is 0 Å². The Morgan fingerprint density at radius 3 is 2.65 bits per heavy atom. The van der Waals surface area contributed by atoms with Crippen molar-refractivity contribution in [3.8, 4) is 5.75 Å². The Morgan fingerprint density at radius 1 is 1.20 bits per heavy atom. The van der Waals surface area contributed by atoms with Crippen LogP contribution in [0.4, 0.5) is 0 Å². The standard InChI is InChI=1S/C15H13ClN2O2/c1-20-11-6-7-12-13(8-11)18-15(17-12)14(19)9-2-4-10(16)5-3-9/h2-8,14,19H,1H3,(H,17,18)/t14-/m0/s1. The summed E-state index contributed by atoms with van der Waals surface area (Å²) in [6.07, 6.45) is -0.814. The van der Waals surface area contributed by atoms with Crippen LogP contribution in [0.15, 0.2) is 42.5 Å². The molecular weight excluding hydrogens is 276 g/mol. The van der Waals surface area contributed by atoms with Gasteiger partial charge in [0.2, 0.25) is 0 Å². The van der Waals surface area contributed by atoms with Crippen LogP contribution in [0.3, 0.4) is 0 Å². The maximum atomic E-state index is 10.3. The van der Waals surface area contributed by atoms with Gasteiger partial charge in [0.15, 0.2) is 0 Å². The Bertz CT molecular complexity index is 737. The Morgan fingerprint density at radius 2 is 1.95 bits per heavy atom. The van der Waals surface area contributed by atoms with Gasteiger partial charge in [-0.2, -0.15) is 0 Å². The van der Waals surface area contributed by atoms with E-state index < -0.39 is 6.10 Å². The lowest BCUT2D eigenvalue weighted by atomic mass is 10.1. The lowest BCUT2D eigenvalue weighted by molar-refractivity contribution is 0.211. The largest absolute Gasteiger partial charge is 0.497 e. The van der Waals surface area contributed by atoms with Crippen molar-refractivity contribution in [1.29, 1.82) is 0 Å². The number of aromatic nitrogens is 2. The second kappa shape index (κ2) is 5.15. The fourth-order valence-corrected chi connectivity index (χ4v) is 2.19. The minimum Gasteiger partial charge on any atom is -0.497 e. The molecule has 1 heterocycles. The van der Waals surface area contributed by atoms with Crippen LogP contribution in [0.2, 0.25) is 5.02 Å². The SMILES string of the molecule is COc1ccc2nc([C@@H](O)c3ccc(Cl)cc3)[nH]c2c1. The first-order valence-corrected chi connectivity index (χ1v) is 6.52. The van der Waals surface area contributed by atoms with Crippen molar-refractivity contribution in [3.05, 3.63) is 58.9 Å². The number of imidazole rings is 1. The highest BCUT2D eigenvalue weighted by Gasteiger charge is 2.15. The zero-order chi connectivity index (χ0) is 14.1. The normalized spacial score (nSPS) is 12.6. The molecule has 1 aromatic heterocycles. The first-order chi connectivity index (χ1) is 9.67. The number of methoxy groups -OCH3 is 1. The number of fused-ring (bicyclic) bond motifs is 1. The molecule has 0 radical (unpaired) electrons. The number of aliphatic hydroxyl groups is 1. The molecule has 0 bridgehead atoms. The molecule has 0 spiro atoms. The van der Waals surface area contributed by atoms with Gasteiger partial charge in [-0.1, -0.05) is 23.7 Å². The lowest BCUT2D eigenvalue weighted by Gasteiger charge is -2.07. The van der Waals surface area contributed by atoms with Gasteiger partial charge in [0.1, 0.15) is 17.7 Å². The van der Waals surface area contributed by atoms with Crippen molar-refractivity contribution in [2.24, 2.45) is 0 Å². The van der Waals surface area contributed by atoms with Crippen LogP contribution >= 0.6 is 11.6 Å². The van der Waals surface area contributed by atoms with Gasteiger partial charge in [-0.05, 0) is 29.8 Å². The number of hydrogen-bond donors (Lipinski definition) is 2. The van der Waals surface area contributed by atoms with E-state index in [2.05, 4.69) is 9.97 Å². The van der Waals surface area contributed by atoms with Gasteiger partial charge in [0.05, 0.1) is 18.1 Å². The minimum atomic E-state index is -0.814. The summed E-state index contributed by atoms with van der Waals surface area (Å²) in [5.74, 6) is 1.24. The number of H-pyrrole nitrogens is 1. The molecule has 20 heavy (non-hydrogen) atoms. The van der Waals surface area contributed by atoms with E-state index in [0.29, 0.717) is 10.8 Å². The Labute approximate surface area is 121 Å². The predicted molar refractivity (Wildman–Crippen MR) is 78.2 cm³/mol. The summed E-state index contributed by atoms with van der Waals surface area (Å²) in [6, 6.07) is 12.6. The third-order valence-corrected chi connectivity index (χ3v) is 3.40. The van der Waals surface area contributed by atoms with Gasteiger partial charge >= 0.3 is 0 Å². The van der Waals surface area contributed by atoms with E-state index in [0.717, 1.165) is 22.3 Å². The van der Waals surface area contributed by atoms with Crippen molar-refractivity contribution in [2.45, 2.75) is 6.10 Å². The molecule has 0 aliphatic carbocycles. The summed E-state index contributed by atoms with van der Waals surface area (Å²) in [4.78, 5) is 7.50. The number of halogens is 1. The Kier molecular flexibility index (Phi) is 3.34. The number of ether oxygens (including phenoxy) is 1. The predicted octanol–water partition coefficient (Wildman–Crippen LogP) is 3.31. The highest BCUT2D eigenvalue weighted by atomic mass is 35.5. The first kappa shape index (κ1) is 13.0. The molecule has 0 aliphatic rings. The van der Waals surface area contributed by atoms with Crippen LogP contribution < -0.4 is 4.74 Å². The van der Waals surface area contributed by atoms with Crippen LogP contribution in [0.5, 0.6) is 5.75 Å². The molecule has 0 aliphatic heterocycles. The molecule has 2 aromatic carbocycles. The average molecular weight is 289 g/mol. The number of aromatic amines is 1. The lowest BCUT2D eigenvalue weighted by Crippen LogP contribution is -2.01. The van der Waals surface area contributed by atoms with E-state index in [1.165, 1.54) is 0 Å². The molecule has 3 aromatic rings. The fraction of sp³-hybridized carbons (Fsp3) is 0.133. The van der Waals surface area contributed by atoms with Crippen molar-refractivity contribution >= 4 is 22.6 Å². The second-order valence-corrected chi connectivity index (χ2v) is 4.90. The topological polar surface area (TPSA) is 58.1 Å². The van der Waals surface area contributed by atoms with E-state index in [1.807, 2.05) is 18.2 Å². The van der Waals surface area contributed by atoms with E-state index in [4.69, 9.17) is 16.3 Å². The minimum absolute atomic E-state index is 0.496. The van der Waals surface area contributed by atoms with Crippen LogP contribution in [-0.4, -0.2) is 22.2 Å². The molecule has 0 unspecified atom stereocenters. The van der Waals surface area contributed by atoms with Gasteiger partial charge in [-0.25, -0.2) is 4.98 Å². The highest BCUT2D eigenvalue weighted by Crippen LogP contribution is 2.25. The summed E-state index contributed by atoms with van der Waals surface area (Å²) < 4.78 is 5.16. The van der Waals surface area contributed by atoms with Gasteiger partial charge in [0, 0.05) is 11.1 Å². The number of hydrogen-bond acceptors (Lipinski definition) is 3. The molecular formula is C15H13ClN2O2. The summed E-state index contributed by atoms with van der Waals surface area (Å²) in [5.41, 5.74) is 2.35. The monoisotopic (exact) mass is 288 g/mol. The van der Waals surface area contributed by atoms with Crippen LogP contribution in [0, 0.1) is 0 Å². The molecule has 102 valence electrons. The van der Waals surface area contributed by atoms with Gasteiger partial charge in [0.25, 0.3) is 0 Å². The van der Waals surface area contributed by atoms with Crippen molar-refractivity contribution in [1.82, 2.24) is 9.97 Å². The smallest absolute Gasteiger partial charge is 0.140 e. The maximum absolute atomic E-state index is 10.3. The molecule has 1 atom stereocenters. The number of aliphatic hydroxyl groups excluding tert-OH is 1. The van der Waals surface area contributed by atoms with E-state index in [9.17, 15) is 5.11 Å². The first-order valence-electron chi connectivity index (χ1n) is 6.14. The third-order valence-electron chi connectivity index (χ3n) is 3.15. The maximum Gasteiger partial charge on any atom is 0.140 e. The van der Waals surface area contributed by atoms with Gasteiger partial charge in [-0.3, -0.25) is 0 Å². The zero-order valence-electron chi connectivity index (χ0n) is 10.8. The fourth-order valence-electron chi connectivity index (χ4n) is 2.07. The summed E-state index contributed by atoms with van der Waals surface area (Å²) in [6.45, 7) is 0. The number of benzene rings is 2. The van der Waals surface area contributed by atoms with Crippen molar-refractivity contribution in [2.75, 3.05) is 7.11 Å². The summed E-state index contributed by atoms with van der Waals surface area (Å²) in [7, 11) is 1.61. The van der Waals surface area contributed by atoms with E-state index in [1.54, 1.807) is 31.4 Å². The number of nitrogens with one attached hydrogen (secondary N) is 1. The summed E-state index contributed by atoms with van der Waals surface area (Å²) in [5, 5.41) is 11.0. The van der Waals surface area contributed by atoms with E-state index in [-0.39, 0.29) is 0 Å². The Hall–Kier alpha value is -2.04. The van der Waals surface area contributed by atoms with Crippen molar-refractivity contribution < 1.29 is 9.84 Å².